The minimum Gasteiger partial charge on any atom is -0.465 e. The summed E-state index contributed by atoms with van der Waals surface area (Å²) < 4.78 is 43.4. The molecule has 4 N–H and O–H groups in total. The molecule has 1 aromatic heterocycles. The number of carbonyl (C=O) groups excluding carboxylic acids is 1. The molecular weight excluding hydrogens is 381 g/mol. The van der Waals surface area contributed by atoms with E-state index in [-0.39, 0.29) is 12.5 Å². The van der Waals surface area contributed by atoms with Gasteiger partial charge in [0.1, 0.15) is 11.9 Å². The Bertz CT molecular complexity index is 676. The van der Waals surface area contributed by atoms with Crippen LogP contribution in [0.5, 0.6) is 0 Å². The number of amides is 2. The largest absolute Gasteiger partial charge is 0.465 e. The molecule has 0 aromatic carbocycles. The van der Waals surface area contributed by atoms with Gasteiger partial charge in [0, 0.05) is 19.3 Å². The molecule has 1 aromatic rings. The third kappa shape index (κ3) is 5.98. The molecule has 2 heterocycles. The second kappa shape index (κ2) is 9.09. The quantitative estimate of drug-likeness (QED) is 0.638. The van der Waals surface area contributed by atoms with Crippen molar-refractivity contribution in [3.05, 3.63) is 23.9 Å². The number of pyridine rings is 1. The van der Waals surface area contributed by atoms with Crippen molar-refractivity contribution < 1.29 is 32.6 Å². The van der Waals surface area contributed by atoms with Crippen molar-refractivity contribution in [1.82, 2.24) is 10.3 Å². The van der Waals surface area contributed by atoms with Gasteiger partial charge >= 0.3 is 12.3 Å². The van der Waals surface area contributed by atoms with Crippen LogP contribution in [0.4, 0.5) is 23.8 Å². The van der Waals surface area contributed by atoms with Crippen LogP contribution in [-0.4, -0.2) is 53.9 Å². The van der Waals surface area contributed by atoms with E-state index in [1.54, 1.807) is 6.92 Å². The molecule has 1 saturated heterocycles. The number of primary amides is 1. The van der Waals surface area contributed by atoms with E-state index in [2.05, 4.69) is 10.3 Å². The van der Waals surface area contributed by atoms with Gasteiger partial charge in [-0.15, -0.1) is 0 Å². The average molecular weight is 404 g/mol. The molecule has 0 spiro atoms. The highest BCUT2D eigenvalue weighted by atomic mass is 19.4. The zero-order valence-electron chi connectivity index (χ0n) is 15.3. The van der Waals surface area contributed by atoms with Crippen LogP contribution in [-0.2, 0) is 15.7 Å². The van der Waals surface area contributed by atoms with Crippen molar-refractivity contribution in [2.45, 2.75) is 38.1 Å². The first-order valence-corrected chi connectivity index (χ1v) is 8.76. The molecule has 0 unspecified atom stereocenters. The van der Waals surface area contributed by atoms with E-state index in [9.17, 15) is 22.8 Å². The Kier molecular flexibility index (Phi) is 7.05. The zero-order chi connectivity index (χ0) is 20.9. The lowest BCUT2D eigenvalue weighted by Crippen LogP contribution is -2.46. The summed E-state index contributed by atoms with van der Waals surface area (Å²) in [5.41, 5.74) is 4.62. The van der Waals surface area contributed by atoms with E-state index in [4.69, 9.17) is 15.6 Å². The third-order valence-corrected chi connectivity index (χ3v) is 4.54. The van der Waals surface area contributed by atoms with E-state index < -0.39 is 35.9 Å². The molecule has 2 atom stereocenters. The van der Waals surface area contributed by atoms with Gasteiger partial charge in [0.05, 0.1) is 18.2 Å². The number of nitrogens with zero attached hydrogens (tertiary/aromatic N) is 2. The number of hydrogen-bond acceptors (Lipinski definition) is 5. The van der Waals surface area contributed by atoms with Crippen LogP contribution in [0, 0.1) is 5.92 Å². The van der Waals surface area contributed by atoms with Gasteiger partial charge in [0.15, 0.2) is 0 Å². The van der Waals surface area contributed by atoms with E-state index in [0.29, 0.717) is 31.7 Å². The van der Waals surface area contributed by atoms with Gasteiger partial charge in [-0.05, 0) is 37.8 Å². The molecule has 0 radical (unpaired) electrons. The number of carbonyl (C=O) groups is 2. The number of nitrogens with one attached hydrogen (secondary N) is 1. The monoisotopic (exact) mass is 404 g/mol. The molecule has 0 aliphatic carbocycles. The number of alkyl halides is 3. The molecule has 28 heavy (non-hydrogen) atoms. The number of ether oxygens (including phenoxy) is 1. The fourth-order valence-corrected chi connectivity index (χ4v) is 3.12. The van der Waals surface area contributed by atoms with E-state index in [0.717, 1.165) is 12.3 Å². The molecule has 2 rings (SSSR count). The lowest BCUT2D eigenvalue weighted by Gasteiger charge is -2.35. The summed E-state index contributed by atoms with van der Waals surface area (Å²) in [7, 11) is 0. The van der Waals surface area contributed by atoms with Gasteiger partial charge in [0.25, 0.3) is 0 Å². The van der Waals surface area contributed by atoms with Crippen LogP contribution < -0.4 is 16.0 Å². The highest BCUT2D eigenvalue weighted by Gasteiger charge is 2.33. The summed E-state index contributed by atoms with van der Waals surface area (Å²) in [6, 6.07) is 1.81. The minimum atomic E-state index is -4.43. The van der Waals surface area contributed by atoms with Crippen molar-refractivity contribution in [3.63, 3.8) is 0 Å². The number of nitrogens with two attached hydrogens (primary N) is 1. The number of piperidine rings is 1. The van der Waals surface area contributed by atoms with E-state index >= 15 is 0 Å². The van der Waals surface area contributed by atoms with Gasteiger partial charge in [-0.3, -0.25) is 4.79 Å². The maximum Gasteiger partial charge on any atom is 0.417 e. The highest BCUT2D eigenvalue weighted by molar-refractivity contribution is 5.79. The summed E-state index contributed by atoms with van der Waals surface area (Å²) in [6.45, 7) is 2.57. The molecule has 8 nitrogen and oxygen atoms in total. The van der Waals surface area contributed by atoms with Crippen LogP contribution >= 0.6 is 0 Å². The smallest absolute Gasteiger partial charge is 0.417 e. The number of rotatable bonds is 7. The Morgan fingerprint density at radius 1 is 1.39 bits per heavy atom. The number of anilines is 1. The van der Waals surface area contributed by atoms with Crippen LogP contribution in [0.2, 0.25) is 0 Å². The normalized spacial score (nSPS) is 17.8. The predicted octanol–water partition coefficient (Wildman–Crippen LogP) is 1.84. The standard InChI is InChI=1S/C17H23F3N4O4/c1-10(23-16(26)27)9-28-14(15(21)25)11-4-6-24(7-5-11)13-3-2-12(8-22-13)17(18,19)20/h2-3,8,10-11,14,23H,4-7,9H2,1H3,(H2,21,25)(H,26,27)/t10-,14-/m0/s1. The number of aromatic nitrogens is 1. The second-order valence-electron chi connectivity index (χ2n) is 6.73. The van der Waals surface area contributed by atoms with Crippen molar-refractivity contribution in [1.29, 1.82) is 0 Å². The maximum absolute atomic E-state index is 12.6. The zero-order valence-corrected chi connectivity index (χ0v) is 15.3. The van der Waals surface area contributed by atoms with Crippen molar-refractivity contribution >= 4 is 17.8 Å². The fourth-order valence-electron chi connectivity index (χ4n) is 3.12. The lowest BCUT2D eigenvalue weighted by molar-refractivity contribution is -0.137. The summed E-state index contributed by atoms with van der Waals surface area (Å²) in [6.07, 6.45) is -4.61. The van der Waals surface area contributed by atoms with Crippen LogP contribution in [0.25, 0.3) is 0 Å². The predicted molar refractivity (Wildman–Crippen MR) is 93.7 cm³/mol. The molecule has 1 aliphatic heterocycles. The van der Waals surface area contributed by atoms with Crippen molar-refractivity contribution in [2.75, 3.05) is 24.6 Å². The first kappa shape index (κ1) is 21.7. The number of carboxylic acid groups (broad SMARTS) is 1. The molecule has 156 valence electrons. The van der Waals surface area contributed by atoms with Gasteiger partial charge in [-0.25, -0.2) is 9.78 Å². The second-order valence-corrected chi connectivity index (χ2v) is 6.73. The summed E-state index contributed by atoms with van der Waals surface area (Å²) >= 11 is 0. The van der Waals surface area contributed by atoms with Crippen LogP contribution in [0.15, 0.2) is 18.3 Å². The summed E-state index contributed by atoms with van der Waals surface area (Å²) in [5.74, 6) is -0.365. The molecule has 2 amide bonds. The topological polar surface area (TPSA) is 118 Å². The van der Waals surface area contributed by atoms with Gasteiger partial charge < -0.3 is 25.8 Å². The van der Waals surface area contributed by atoms with Crippen molar-refractivity contribution in [2.24, 2.45) is 11.7 Å². The number of halogens is 3. The Hall–Kier alpha value is -2.56. The first-order chi connectivity index (χ1) is 13.1. The maximum atomic E-state index is 12.6. The molecule has 1 aliphatic rings. The average Bonchev–Trinajstić information content (AvgIpc) is 2.61. The van der Waals surface area contributed by atoms with Crippen LogP contribution in [0.3, 0.4) is 0 Å². The summed E-state index contributed by atoms with van der Waals surface area (Å²) in [4.78, 5) is 28.1. The minimum absolute atomic E-state index is 0.000576. The molecule has 11 heteroatoms. The molecular formula is C17H23F3N4O4. The van der Waals surface area contributed by atoms with Crippen molar-refractivity contribution in [3.8, 4) is 0 Å². The molecule has 1 fully saturated rings. The Labute approximate surface area is 159 Å². The first-order valence-electron chi connectivity index (χ1n) is 8.76. The summed E-state index contributed by atoms with van der Waals surface area (Å²) in [5, 5.41) is 10.9. The number of hydrogen-bond donors (Lipinski definition) is 3. The Morgan fingerprint density at radius 2 is 2.04 bits per heavy atom. The Balaban J connectivity index is 1.91. The third-order valence-electron chi connectivity index (χ3n) is 4.54. The Morgan fingerprint density at radius 3 is 2.50 bits per heavy atom. The SMILES string of the molecule is C[C@@H](CO[C@H](C(N)=O)C1CCN(c2ccc(C(F)(F)F)cn2)CC1)NC(=O)O. The lowest BCUT2D eigenvalue weighted by atomic mass is 9.90. The molecule has 0 saturated carbocycles. The van der Waals surface area contributed by atoms with Crippen LogP contribution in [0.1, 0.15) is 25.3 Å². The van der Waals surface area contributed by atoms with E-state index in [1.807, 2.05) is 4.90 Å². The van der Waals surface area contributed by atoms with E-state index in [1.165, 1.54) is 6.07 Å². The highest BCUT2D eigenvalue weighted by Crippen LogP contribution is 2.30. The van der Waals surface area contributed by atoms with Gasteiger partial charge in [-0.1, -0.05) is 0 Å². The fraction of sp³-hybridized carbons (Fsp3) is 0.588. The van der Waals surface area contributed by atoms with Gasteiger partial charge in [-0.2, -0.15) is 13.2 Å². The molecule has 0 bridgehead atoms. The van der Waals surface area contributed by atoms with Gasteiger partial charge in [0.2, 0.25) is 5.91 Å².